The maximum atomic E-state index is 11.8. The number of benzene rings is 2. The number of rotatable bonds is 4. The van der Waals surface area contributed by atoms with Crippen molar-refractivity contribution in [2.45, 2.75) is 24.3 Å². The van der Waals surface area contributed by atoms with E-state index in [2.05, 4.69) is 17.4 Å². The first kappa shape index (κ1) is 14.2. The van der Waals surface area contributed by atoms with Crippen LogP contribution in [0.15, 0.2) is 60.7 Å². The summed E-state index contributed by atoms with van der Waals surface area (Å²) in [6, 6.07) is 20.2. The second-order valence-electron chi connectivity index (χ2n) is 5.56. The minimum absolute atomic E-state index is 0.0122. The van der Waals surface area contributed by atoms with E-state index < -0.39 is 0 Å². The molecule has 0 spiro atoms. The molecule has 3 atom stereocenters. The van der Waals surface area contributed by atoms with Crippen molar-refractivity contribution >= 4 is 17.5 Å². The molecule has 3 rings (SSSR count). The van der Waals surface area contributed by atoms with Gasteiger partial charge in [0.2, 0.25) is 5.91 Å². The van der Waals surface area contributed by atoms with Crippen molar-refractivity contribution in [2.24, 2.45) is 5.92 Å². The number of carbonyl (C=O) groups is 1. The number of amides is 1. The highest BCUT2D eigenvalue weighted by Crippen LogP contribution is 2.34. The number of nitrogens with one attached hydrogen (secondary N) is 1. The summed E-state index contributed by atoms with van der Waals surface area (Å²) < 4.78 is 0. The van der Waals surface area contributed by atoms with Crippen LogP contribution in [0, 0.1) is 5.92 Å². The van der Waals surface area contributed by atoms with Crippen LogP contribution in [0.3, 0.4) is 0 Å². The van der Waals surface area contributed by atoms with Gasteiger partial charge in [-0.2, -0.15) is 0 Å². The molecule has 1 N–H and O–H groups in total. The van der Waals surface area contributed by atoms with Crippen LogP contribution in [0.4, 0.5) is 0 Å². The minimum atomic E-state index is -0.189. The maximum Gasteiger partial charge on any atom is 0.220 e. The van der Waals surface area contributed by atoms with Gasteiger partial charge in [-0.05, 0) is 23.5 Å². The van der Waals surface area contributed by atoms with E-state index in [0.717, 1.165) is 12.0 Å². The third-order valence-corrected chi connectivity index (χ3v) is 4.58. The van der Waals surface area contributed by atoms with Crippen molar-refractivity contribution < 1.29 is 4.79 Å². The Hall–Kier alpha value is -1.80. The lowest BCUT2D eigenvalue weighted by molar-refractivity contribution is -0.119. The average Bonchev–Trinajstić information content (AvgIpc) is 2.89. The Bertz CT molecular complexity index is 599. The molecule has 1 heterocycles. The van der Waals surface area contributed by atoms with Gasteiger partial charge in [-0.15, -0.1) is 11.6 Å². The molecule has 0 aliphatic carbocycles. The monoisotopic (exact) mass is 299 g/mol. The number of hydrogen-bond donors (Lipinski definition) is 1. The Morgan fingerprint density at radius 1 is 1.05 bits per heavy atom. The SMILES string of the molecule is O=C1C[C@H](Cc2ccccc2)[C@@H]([C@H](Cl)c2ccccc2)N1. The molecule has 1 aliphatic rings. The zero-order valence-corrected chi connectivity index (χ0v) is 12.5. The normalized spacial score (nSPS) is 22.8. The Morgan fingerprint density at radius 2 is 1.67 bits per heavy atom. The molecule has 3 heteroatoms. The maximum absolute atomic E-state index is 11.8. The van der Waals surface area contributed by atoms with Crippen LogP contribution in [-0.2, 0) is 11.2 Å². The largest absolute Gasteiger partial charge is 0.351 e. The molecule has 0 bridgehead atoms. The Kier molecular flexibility index (Phi) is 4.26. The van der Waals surface area contributed by atoms with Gasteiger partial charge in [-0.3, -0.25) is 4.79 Å². The van der Waals surface area contributed by atoms with Crippen LogP contribution in [0.25, 0.3) is 0 Å². The van der Waals surface area contributed by atoms with E-state index >= 15 is 0 Å². The molecule has 1 saturated heterocycles. The first-order valence-electron chi connectivity index (χ1n) is 7.26. The van der Waals surface area contributed by atoms with E-state index in [0.29, 0.717) is 6.42 Å². The van der Waals surface area contributed by atoms with E-state index in [1.165, 1.54) is 5.56 Å². The minimum Gasteiger partial charge on any atom is -0.351 e. The lowest BCUT2D eigenvalue weighted by Gasteiger charge is -2.24. The van der Waals surface area contributed by atoms with Crippen molar-refractivity contribution in [3.05, 3.63) is 71.8 Å². The average molecular weight is 300 g/mol. The lowest BCUT2D eigenvalue weighted by atomic mass is 9.89. The summed E-state index contributed by atoms with van der Waals surface area (Å²) in [7, 11) is 0. The van der Waals surface area contributed by atoms with Gasteiger partial charge in [-0.25, -0.2) is 0 Å². The number of carbonyl (C=O) groups excluding carboxylic acids is 1. The number of halogens is 1. The summed E-state index contributed by atoms with van der Waals surface area (Å²) in [5, 5.41) is 2.86. The molecule has 0 radical (unpaired) electrons. The van der Waals surface area contributed by atoms with Gasteiger partial charge >= 0.3 is 0 Å². The zero-order valence-electron chi connectivity index (χ0n) is 11.7. The summed E-state index contributed by atoms with van der Waals surface area (Å²) >= 11 is 6.62. The highest BCUT2D eigenvalue weighted by Gasteiger charge is 2.37. The molecule has 2 aromatic rings. The second kappa shape index (κ2) is 6.31. The van der Waals surface area contributed by atoms with Crippen LogP contribution >= 0.6 is 11.6 Å². The predicted octanol–water partition coefficient (Wildman–Crippen LogP) is 3.71. The molecular formula is C18H18ClNO. The fourth-order valence-corrected chi connectivity index (χ4v) is 3.41. The molecule has 0 unspecified atom stereocenters. The first-order valence-corrected chi connectivity index (χ1v) is 7.70. The standard InChI is InChI=1S/C18H18ClNO/c19-17(14-9-5-2-6-10-14)18-15(12-16(21)20-18)11-13-7-3-1-4-8-13/h1-10,15,17-18H,11-12H2,(H,20,21)/t15-,17+,18-/m0/s1. The molecule has 2 nitrogen and oxygen atoms in total. The fraction of sp³-hybridized carbons (Fsp3) is 0.278. The molecule has 1 amide bonds. The lowest BCUT2D eigenvalue weighted by Crippen LogP contribution is -2.33. The molecule has 0 saturated carbocycles. The van der Waals surface area contributed by atoms with Gasteiger partial charge in [0.05, 0.1) is 11.4 Å². The molecule has 2 aromatic carbocycles. The van der Waals surface area contributed by atoms with Crippen LogP contribution in [0.1, 0.15) is 22.9 Å². The summed E-state index contributed by atoms with van der Waals surface area (Å²) in [6.07, 6.45) is 1.43. The molecule has 108 valence electrons. The Morgan fingerprint density at radius 3 is 2.33 bits per heavy atom. The first-order chi connectivity index (χ1) is 10.2. The highest BCUT2D eigenvalue weighted by molar-refractivity contribution is 6.21. The van der Waals surface area contributed by atoms with Crippen molar-refractivity contribution in [1.82, 2.24) is 5.32 Å². The molecule has 21 heavy (non-hydrogen) atoms. The van der Waals surface area contributed by atoms with Crippen molar-refractivity contribution in [2.75, 3.05) is 0 Å². The molecule has 1 aliphatic heterocycles. The fourth-order valence-electron chi connectivity index (χ4n) is 3.00. The summed E-state index contributed by atoms with van der Waals surface area (Å²) in [6.45, 7) is 0. The van der Waals surface area contributed by atoms with E-state index in [1.807, 2.05) is 48.5 Å². The van der Waals surface area contributed by atoms with Crippen LogP contribution < -0.4 is 5.32 Å². The van der Waals surface area contributed by atoms with Gasteiger partial charge in [0.25, 0.3) is 0 Å². The van der Waals surface area contributed by atoms with Crippen LogP contribution in [-0.4, -0.2) is 11.9 Å². The van der Waals surface area contributed by atoms with Crippen LogP contribution in [0.5, 0.6) is 0 Å². The summed E-state index contributed by atoms with van der Waals surface area (Å²) in [5.41, 5.74) is 2.31. The van der Waals surface area contributed by atoms with E-state index in [4.69, 9.17) is 11.6 Å². The summed E-state index contributed by atoms with van der Waals surface area (Å²) in [4.78, 5) is 11.8. The van der Waals surface area contributed by atoms with Gasteiger partial charge in [0.15, 0.2) is 0 Å². The molecule has 0 aromatic heterocycles. The zero-order chi connectivity index (χ0) is 14.7. The Balaban J connectivity index is 1.78. The second-order valence-corrected chi connectivity index (χ2v) is 6.03. The number of alkyl halides is 1. The summed E-state index contributed by atoms with van der Waals surface area (Å²) in [5.74, 6) is 0.338. The predicted molar refractivity (Wildman–Crippen MR) is 85.2 cm³/mol. The van der Waals surface area contributed by atoms with Gasteiger partial charge in [0, 0.05) is 6.42 Å². The van der Waals surface area contributed by atoms with Gasteiger partial charge < -0.3 is 5.32 Å². The van der Waals surface area contributed by atoms with E-state index in [9.17, 15) is 4.79 Å². The van der Waals surface area contributed by atoms with E-state index in [1.54, 1.807) is 0 Å². The third kappa shape index (κ3) is 3.27. The quantitative estimate of drug-likeness (QED) is 0.857. The van der Waals surface area contributed by atoms with Gasteiger partial charge in [0.1, 0.15) is 0 Å². The third-order valence-electron chi connectivity index (χ3n) is 4.06. The van der Waals surface area contributed by atoms with Crippen molar-refractivity contribution in [3.63, 3.8) is 0 Å². The van der Waals surface area contributed by atoms with E-state index in [-0.39, 0.29) is 23.2 Å². The number of hydrogen-bond acceptors (Lipinski definition) is 1. The topological polar surface area (TPSA) is 29.1 Å². The van der Waals surface area contributed by atoms with Gasteiger partial charge in [-0.1, -0.05) is 60.7 Å². The van der Waals surface area contributed by atoms with Crippen molar-refractivity contribution in [3.8, 4) is 0 Å². The molecule has 1 fully saturated rings. The molecular weight excluding hydrogens is 282 g/mol. The highest BCUT2D eigenvalue weighted by atomic mass is 35.5. The smallest absolute Gasteiger partial charge is 0.220 e. The van der Waals surface area contributed by atoms with Crippen molar-refractivity contribution in [1.29, 1.82) is 0 Å². The Labute approximate surface area is 130 Å². The van der Waals surface area contributed by atoms with Crippen LogP contribution in [0.2, 0.25) is 0 Å².